The number of aryl methyl sites for hydroxylation is 1. The molecule has 0 bridgehead atoms. The summed E-state index contributed by atoms with van der Waals surface area (Å²) in [5.41, 5.74) is 0.436. The summed E-state index contributed by atoms with van der Waals surface area (Å²) in [6.45, 7) is 3.00. The van der Waals surface area contributed by atoms with Crippen molar-refractivity contribution >= 4 is 16.7 Å². The highest BCUT2D eigenvalue weighted by molar-refractivity contribution is 5.79. The number of benzene rings is 1. The topological polar surface area (TPSA) is 71.9 Å². The highest BCUT2D eigenvalue weighted by atomic mass is 16.2. The molecule has 0 aliphatic heterocycles. The Morgan fingerprint density at radius 2 is 2.06 bits per heavy atom. The zero-order valence-electron chi connectivity index (χ0n) is 9.61. The first kappa shape index (κ1) is 11.3. The van der Waals surface area contributed by atoms with E-state index < -0.39 is 11.2 Å². The number of hydrogen-bond acceptors (Lipinski definition) is 3. The van der Waals surface area contributed by atoms with E-state index in [1.807, 2.05) is 13.0 Å². The number of carbonyl (C=O) groups excluding carboxylic acids is 1. The van der Waals surface area contributed by atoms with E-state index in [1.54, 1.807) is 12.1 Å². The number of H-pyrrole nitrogens is 1. The Balaban J connectivity index is 2.83. The van der Waals surface area contributed by atoms with E-state index in [0.717, 1.165) is 10.1 Å². The van der Waals surface area contributed by atoms with Gasteiger partial charge in [0.05, 0.1) is 17.4 Å². The van der Waals surface area contributed by atoms with Crippen LogP contribution in [0.25, 0.3) is 10.9 Å². The zero-order chi connectivity index (χ0) is 12.6. The Hall–Kier alpha value is -2.17. The number of nitrogens with one attached hydrogen (secondary N) is 1. The fourth-order valence-electron chi connectivity index (χ4n) is 1.73. The van der Waals surface area contributed by atoms with E-state index in [-0.39, 0.29) is 12.3 Å². The maximum Gasteiger partial charge on any atom is 0.329 e. The monoisotopic (exact) mass is 232 g/mol. The van der Waals surface area contributed by atoms with Crippen LogP contribution in [0, 0.1) is 6.92 Å². The number of aromatic nitrogens is 2. The Morgan fingerprint density at radius 1 is 1.35 bits per heavy atom. The quantitative estimate of drug-likeness (QED) is 0.823. The highest BCUT2D eigenvalue weighted by Gasteiger charge is 2.08. The molecule has 1 aromatic heterocycles. The number of nitrogens with zero attached hydrogens (tertiary/aromatic N) is 1. The van der Waals surface area contributed by atoms with Crippen LogP contribution >= 0.6 is 0 Å². The second kappa shape index (κ2) is 4.01. The van der Waals surface area contributed by atoms with Gasteiger partial charge in [-0.25, -0.2) is 4.79 Å². The normalized spacial score (nSPS) is 10.7. The van der Waals surface area contributed by atoms with Crippen LogP contribution in [0.15, 0.2) is 27.8 Å². The third-order valence-electron chi connectivity index (χ3n) is 2.52. The molecule has 0 spiro atoms. The third kappa shape index (κ3) is 2.04. The van der Waals surface area contributed by atoms with Crippen LogP contribution in [0.2, 0.25) is 0 Å². The van der Waals surface area contributed by atoms with Gasteiger partial charge in [0.25, 0.3) is 5.56 Å². The van der Waals surface area contributed by atoms with Gasteiger partial charge >= 0.3 is 5.69 Å². The summed E-state index contributed by atoms with van der Waals surface area (Å²) in [5.74, 6) is -0.232. The van der Waals surface area contributed by atoms with Crippen LogP contribution in [0.3, 0.4) is 0 Å². The van der Waals surface area contributed by atoms with Crippen molar-refractivity contribution in [3.63, 3.8) is 0 Å². The predicted molar refractivity (Wildman–Crippen MR) is 64.2 cm³/mol. The van der Waals surface area contributed by atoms with Gasteiger partial charge in [-0.05, 0) is 26.0 Å². The summed E-state index contributed by atoms with van der Waals surface area (Å²) in [4.78, 5) is 37.3. The molecule has 5 heteroatoms. The number of fused-ring (bicyclic) bond motifs is 1. The van der Waals surface area contributed by atoms with Crippen molar-refractivity contribution in [3.05, 3.63) is 44.6 Å². The van der Waals surface area contributed by atoms with Gasteiger partial charge in [0.15, 0.2) is 0 Å². The van der Waals surface area contributed by atoms with Crippen LogP contribution in [-0.4, -0.2) is 15.3 Å². The lowest BCUT2D eigenvalue weighted by molar-refractivity contribution is -0.117. The Bertz CT molecular complexity index is 710. The molecular formula is C12H12N2O3. The Labute approximate surface area is 96.7 Å². The van der Waals surface area contributed by atoms with Gasteiger partial charge in [-0.3, -0.25) is 14.2 Å². The smallest absolute Gasteiger partial charge is 0.307 e. The van der Waals surface area contributed by atoms with E-state index in [1.165, 1.54) is 6.92 Å². The molecule has 0 radical (unpaired) electrons. The van der Waals surface area contributed by atoms with Gasteiger partial charge in [0, 0.05) is 0 Å². The van der Waals surface area contributed by atoms with Crippen molar-refractivity contribution < 1.29 is 4.79 Å². The van der Waals surface area contributed by atoms with E-state index in [9.17, 15) is 14.4 Å². The van der Waals surface area contributed by atoms with Crippen LogP contribution in [-0.2, 0) is 11.3 Å². The minimum absolute atomic E-state index is 0.196. The summed E-state index contributed by atoms with van der Waals surface area (Å²) in [5, 5.41) is 0.422. The summed E-state index contributed by atoms with van der Waals surface area (Å²) in [6.07, 6.45) is 0. The first-order chi connectivity index (χ1) is 7.99. The van der Waals surface area contributed by atoms with Gasteiger partial charge < -0.3 is 4.98 Å². The van der Waals surface area contributed by atoms with Crippen LogP contribution < -0.4 is 11.2 Å². The van der Waals surface area contributed by atoms with Crippen molar-refractivity contribution in [2.45, 2.75) is 20.4 Å². The standard InChI is InChI=1S/C12H12N2O3/c1-7-3-4-10-9(5-7)11(16)14(6-8(2)15)12(17)13-10/h3-5H,6H2,1-2H3,(H,13,17). The molecule has 5 nitrogen and oxygen atoms in total. The molecule has 1 N–H and O–H groups in total. The number of ketones is 1. The molecule has 0 saturated heterocycles. The summed E-state index contributed by atoms with van der Waals surface area (Å²) in [7, 11) is 0. The third-order valence-corrected chi connectivity index (χ3v) is 2.52. The zero-order valence-corrected chi connectivity index (χ0v) is 9.61. The van der Waals surface area contributed by atoms with Gasteiger partial charge in [-0.1, -0.05) is 11.6 Å². The molecule has 0 saturated carbocycles. The molecule has 0 fully saturated rings. The molecular weight excluding hydrogens is 220 g/mol. The van der Waals surface area contributed by atoms with Gasteiger partial charge in [-0.2, -0.15) is 0 Å². The SMILES string of the molecule is CC(=O)Cn1c(=O)[nH]c2ccc(C)cc2c1=O. The predicted octanol–water partition coefficient (Wildman–Crippen LogP) is 0.587. The van der Waals surface area contributed by atoms with Gasteiger partial charge in [0.1, 0.15) is 5.78 Å². The molecule has 2 rings (SSSR count). The van der Waals surface area contributed by atoms with Crippen molar-refractivity contribution in [1.82, 2.24) is 9.55 Å². The van der Waals surface area contributed by atoms with Crippen LogP contribution in [0.4, 0.5) is 0 Å². The summed E-state index contributed by atoms with van der Waals surface area (Å²) >= 11 is 0. The molecule has 0 aliphatic carbocycles. The van der Waals surface area contributed by atoms with E-state index >= 15 is 0 Å². The largest absolute Gasteiger partial charge is 0.329 e. The number of Topliss-reactive ketones (excluding diaryl/α,β-unsaturated/α-hetero) is 1. The lowest BCUT2D eigenvalue weighted by Gasteiger charge is -2.04. The maximum absolute atomic E-state index is 12.0. The van der Waals surface area contributed by atoms with E-state index in [2.05, 4.69) is 4.98 Å². The molecule has 0 amide bonds. The maximum atomic E-state index is 12.0. The first-order valence-electron chi connectivity index (χ1n) is 5.22. The molecule has 0 unspecified atom stereocenters. The average Bonchev–Trinajstić information content (AvgIpc) is 2.25. The van der Waals surface area contributed by atoms with Crippen molar-refractivity contribution in [1.29, 1.82) is 0 Å². The van der Waals surface area contributed by atoms with Crippen LogP contribution in [0.5, 0.6) is 0 Å². The number of aromatic amines is 1. The van der Waals surface area contributed by atoms with Crippen molar-refractivity contribution in [2.75, 3.05) is 0 Å². The molecule has 1 aromatic carbocycles. The second-order valence-corrected chi connectivity index (χ2v) is 4.07. The van der Waals surface area contributed by atoms with Crippen LogP contribution in [0.1, 0.15) is 12.5 Å². The molecule has 17 heavy (non-hydrogen) atoms. The summed E-state index contributed by atoms with van der Waals surface area (Å²) < 4.78 is 0.921. The summed E-state index contributed by atoms with van der Waals surface area (Å²) in [6, 6.07) is 5.20. The number of hydrogen-bond donors (Lipinski definition) is 1. The fourth-order valence-corrected chi connectivity index (χ4v) is 1.73. The highest BCUT2D eigenvalue weighted by Crippen LogP contribution is 2.07. The fraction of sp³-hybridized carbons (Fsp3) is 0.250. The Morgan fingerprint density at radius 3 is 2.71 bits per heavy atom. The number of rotatable bonds is 2. The Kier molecular flexibility index (Phi) is 2.67. The molecule has 0 aliphatic rings. The second-order valence-electron chi connectivity index (χ2n) is 4.07. The molecule has 0 atom stereocenters. The van der Waals surface area contributed by atoms with E-state index in [4.69, 9.17) is 0 Å². The van der Waals surface area contributed by atoms with Gasteiger partial charge in [0.2, 0.25) is 0 Å². The minimum atomic E-state index is -0.554. The van der Waals surface area contributed by atoms with Gasteiger partial charge in [-0.15, -0.1) is 0 Å². The van der Waals surface area contributed by atoms with E-state index in [0.29, 0.717) is 10.9 Å². The average molecular weight is 232 g/mol. The minimum Gasteiger partial charge on any atom is -0.307 e. The lowest BCUT2D eigenvalue weighted by Crippen LogP contribution is -2.36. The molecule has 88 valence electrons. The lowest BCUT2D eigenvalue weighted by atomic mass is 10.2. The van der Waals surface area contributed by atoms with Crippen molar-refractivity contribution in [3.8, 4) is 0 Å². The first-order valence-corrected chi connectivity index (χ1v) is 5.22. The molecule has 1 heterocycles. The number of carbonyl (C=O) groups is 1. The van der Waals surface area contributed by atoms with Crippen molar-refractivity contribution in [2.24, 2.45) is 0 Å². The molecule has 2 aromatic rings.